The van der Waals surface area contributed by atoms with Crippen molar-refractivity contribution in [3.63, 3.8) is 0 Å². The molecule has 0 radical (unpaired) electrons. The van der Waals surface area contributed by atoms with E-state index >= 15 is 0 Å². The Morgan fingerprint density at radius 3 is 2.50 bits per heavy atom. The fourth-order valence-electron chi connectivity index (χ4n) is 4.00. The fraction of sp³-hybridized carbons (Fsp3) is 0.684. The number of nitrogens with one attached hydrogen (secondary N) is 2. The molecule has 0 amide bonds. The molecular formula is C19H30N4O4S. The van der Waals surface area contributed by atoms with E-state index in [0.717, 1.165) is 51.4 Å². The highest BCUT2D eigenvalue weighted by Gasteiger charge is 2.26. The molecule has 1 saturated heterocycles. The van der Waals surface area contributed by atoms with Crippen LogP contribution >= 0.6 is 0 Å². The molecule has 1 aromatic rings. The zero-order valence-electron chi connectivity index (χ0n) is 16.4. The number of rotatable bonds is 8. The van der Waals surface area contributed by atoms with Gasteiger partial charge in [-0.3, -0.25) is 10.1 Å². The lowest BCUT2D eigenvalue weighted by atomic mass is 9.88. The van der Waals surface area contributed by atoms with Crippen molar-refractivity contribution in [1.82, 2.24) is 9.62 Å². The Morgan fingerprint density at radius 1 is 1.18 bits per heavy atom. The van der Waals surface area contributed by atoms with Crippen molar-refractivity contribution in [2.45, 2.75) is 56.4 Å². The molecule has 0 aromatic heterocycles. The predicted molar refractivity (Wildman–Crippen MR) is 109 cm³/mol. The van der Waals surface area contributed by atoms with E-state index in [4.69, 9.17) is 0 Å². The van der Waals surface area contributed by atoms with Gasteiger partial charge in [-0.2, -0.15) is 0 Å². The van der Waals surface area contributed by atoms with Gasteiger partial charge < -0.3 is 10.2 Å². The standard InChI is InChI=1S/C19H30N4O4S/c1-15-4-6-16(7-5-15)21-28(26,27)17-8-9-18(19(14-17)23(24)25)20-10-13-22-11-2-3-12-22/h8-9,14-16,20-21H,2-7,10-13H2,1H3. The van der Waals surface area contributed by atoms with E-state index in [1.165, 1.54) is 25.0 Å². The molecule has 8 nitrogen and oxygen atoms in total. The van der Waals surface area contributed by atoms with Gasteiger partial charge in [-0.05, 0) is 69.7 Å². The first-order valence-electron chi connectivity index (χ1n) is 10.1. The molecule has 3 rings (SSSR count). The van der Waals surface area contributed by atoms with E-state index in [-0.39, 0.29) is 16.6 Å². The molecule has 9 heteroatoms. The third-order valence-electron chi connectivity index (χ3n) is 5.76. The van der Waals surface area contributed by atoms with Crippen LogP contribution in [0.4, 0.5) is 11.4 Å². The lowest BCUT2D eigenvalue weighted by Crippen LogP contribution is -2.37. The molecule has 2 N–H and O–H groups in total. The molecule has 2 fully saturated rings. The minimum absolute atomic E-state index is 0.0529. The quantitative estimate of drug-likeness (QED) is 0.504. The zero-order chi connectivity index (χ0) is 20.1. The van der Waals surface area contributed by atoms with E-state index in [1.54, 1.807) is 0 Å². The van der Waals surface area contributed by atoms with Gasteiger partial charge in [-0.1, -0.05) is 6.92 Å². The maximum absolute atomic E-state index is 12.7. The summed E-state index contributed by atoms with van der Waals surface area (Å²) in [4.78, 5) is 13.2. The largest absolute Gasteiger partial charge is 0.378 e. The van der Waals surface area contributed by atoms with Crippen LogP contribution < -0.4 is 10.0 Å². The van der Waals surface area contributed by atoms with Gasteiger partial charge in [0.1, 0.15) is 5.69 Å². The van der Waals surface area contributed by atoms with Gasteiger partial charge in [0.25, 0.3) is 5.69 Å². The van der Waals surface area contributed by atoms with Gasteiger partial charge in [-0.15, -0.1) is 0 Å². The molecule has 1 aromatic carbocycles. The average molecular weight is 411 g/mol. The van der Waals surface area contributed by atoms with Crippen LogP contribution in [0.5, 0.6) is 0 Å². The maximum atomic E-state index is 12.7. The van der Waals surface area contributed by atoms with Crippen LogP contribution in [0.2, 0.25) is 0 Å². The molecule has 0 unspecified atom stereocenters. The Bertz CT molecular complexity index is 785. The third kappa shape index (κ3) is 5.42. The summed E-state index contributed by atoms with van der Waals surface area (Å²) in [5.74, 6) is 0.618. The molecule has 156 valence electrons. The van der Waals surface area contributed by atoms with Gasteiger partial charge in [0.2, 0.25) is 10.0 Å². The second-order valence-electron chi connectivity index (χ2n) is 7.99. The molecule has 28 heavy (non-hydrogen) atoms. The summed E-state index contributed by atoms with van der Waals surface area (Å²) >= 11 is 0. The van der Waals surface area contributed by atoms with Gasteiger partial charge >= 0.3 is 0 Å². The van der Waals surface area contributed by atoms with Crippen LogP contribution in [0.1, 0.15) is 45.4 Å². The van der Waals surface area contributed by atoms with Crippen molar-refractivity contribution in [2.75, 3.05) is 31.5 Å². The molecule has 0 bridgehead atoms. The van der Waals surface area contributed by atoms with Crippen LogP contribution in [-0.2, 0) is 10.0 Å². The van der Waals surface area contributed by atoms with Crippen LogP contribution in [0.25, 0.3) is 0 Å². The summed E-state index contributed by atoms with van der Waals surface area (Å²) in [6.07, 6.45) is 5.98. The van der Waals surface area contributed by atoms with E-state index in [9.17, 15) is 18.5 Å². The minimum Gasteiger partial charge on any atom is -0.378 e. The number of hydrogen-bond acceptors (Lipinski definition) is 6. The van der Waals surface area contributed by atoms with Crippen molar-refractivity contribution in [3.8, 4) is 0 Å². The highest BCUT2D eigenvalue weighted by atomic mass is 32.2. The molecule has 1 aliphatic carbocycles. The van der Waals surface area contributed by atoms with Crippen LogP contribution in [0.15, 0.2) is 23.1 Å². The van der Waals surface area contributed by atoms with Crippen molar-refractivity contribution in [3.05, 3.63) is 28.3 Å². The van der Waals surface area contributed by atoms with Crippen molar-refractivity contribution in [2.24, 2.45) is 5.92 Å². The Morgan fingerprint density at radius 2 is 1.86 bits per heavy atom. The summed E-state index contributed by atoms with van der Waals surface area (Å²) in [6, 6.07) is 4.00. The SMILES string of the molecule is CC1CCC(NS(=O)(=O)c2ccc(NCCN3CCCC3)c([N+](=O)[O-])c2)CC1. The lowest BCUT2D eigenvalue weighted by Gasteiger charge is -2.26. The number of anilines is 1. The van der Waals surface area contributed by atoms with Crippen molar-refractivity contribution < 1.29 is 13.3 Å². The number of nitro benzene ring substituents is 1. The van der Waals surface area contributed by atoms with Gasteiger partial charge in [-0.25, -0.2) is 13.1 Å². The number of likely N-dealkylation sites (tertiary alicyclic amines) is 1. The first-order valence-corrected chi connectivity index (χ1v) is 11.6. The van der Waals surface area contributed by atoms with E-state index in [2.05, 4.69) is 21.9 Å². The van der Waals surface area contributed by atoms with E-state index in [0.29, 0.717) is 18.2 Å². The van der Waals surface area contributed by atoms with Crippen molar-refractivity contribution in [1.29, 1.82) is 0 Å². The summed E-state index contributed by atoms with van der Waals surface area (Å²) < 4.78 is 28.1. The topological polar surface area (TPSA) is 105 Å². The highest BCUT2D eigenvalue weighted by Crippen LogP contribution is 2.29. The number of hydrogen-bond donors (Lipinski definition) is 2. The monoisotopic (exact) mass is 410 g/mol. The lowest BCUT2D eigenvalue weighted by molar-refractivity contribution is -0.384. The number of benzene rings is 1. The van der Waals surface area contributed by atoms with Crippen LogP contribution in [0.3, 0.4) is 0 Å². The maximum Gasteiger partial charge on any atom is 0.293 e. The molecule has 1 heterocycles. The van der Waals surface area contributed by atoms with Gasteiger partial charge in [0.15, 0.2) is 0 Å². The Labute approximate surface area is 166 Å². The van der Waals surface area contributed by atoms with E-state index in [1.807, 2.05) is 0 Å². The molecule has 0 atom stereocenters. The Kier molecular flexibility index (Phi) is 6.90. The smallest absolute Gasteiger partial charge is 0.293 e. The highest BCUT2D eigenvalue weighted by molar-refractivity contribution is 7.89. The minimum atomic E-state index is -3.77. The molecular weight excluding hydrogens is 380 g/mol. The fourth-order valence-corrected chi connectivity index (χ4v) is 5.32. The number of sulfonamides is 1. The summed E-state index contributed by atoms with van der Waals surface area (Å²) in [5, 5.41) is 14.6. The molecule has 0 spiro atoms. The zero-order valence-corrected chi connectivity index (χ0v) is 17.2. The normalized spacial score (nSPS) is 23.6. The summed E-state index contributed by atoms with van der Waals surface area (Å²) in [6.45, 7) is 5.70. The van der Waals surface area contributed by atoms with Crippen molar-refractivity contribution >= 4 is 21.4 Å². The molecule has 1 aliphatic heterocycles. The second-order valence-corrected chi connectivity index (χ2v) is 9.70. The molecule has 1 saturated carbocycles. The second kappa shape index (κ2) is 9.19. The summed E-state index contributed by atoms with van der Waals surface area (Å²) in [5.41, 5.74) is 0.149. The van der Waals surface area contributed by atoms with Gasteiger partial charge in [0, 0.05) is 25.2 Å². The average Bonchev–Trinajstić information content (AvgIpc) is 3.17. The number of nitro groups is 1. The third-order valence-corrected chi connectivity index (χ3v) is 7.27. The predicted octanol–water partition coefficient (Wildman–Crippen LogP) is 2.96. The number of nitrogens with zero attached hydrogens (tertiary/aromatic N) is 2. The van der Waals surface area contributed by atoms with Crippen LogP contribution in [0, 0.1) is 16.0 Å². The van der Waals surface area contributed by atoms with Gasteiger partial charge in [0.05, 0.1) is 9.82 Å². The summed E-state index contributed by atoms with van der Waals surface area (Å²) in [7, 11) is -3.77. The Balaban J connectivity index is 1.67. The first kappa shape index (κ1) is 21.0. The first-order chi connectivity index (χ1) is 13.3. The molecule has 2 aliphatic rings. The Hall–Kier alpha value is -1.71. The van der Waals surface area contributed by atoms with E-state index < -0.39 is 14.9 Å². The van der Waals surface area contributed by atoms with Crippen LogP contribution in [-0.4, -0.2) is 50.5 Å².